The van der Waals surface area contributed by atoms with Gasteiger partial charge in [0.1, 0.15) is 5.60 Å². The summed E-state index contributed by atoms with van der Waals surface area (Å²) in [6.07, 6.45) is 5.87. The first kappa shape index (κ1) is 21.9. The SMILES string of the molecule is CCCCC(O)(c1ccc(-n2cccc2)c(C(=O)CCl)c1)c1ccc(Cl)cc1Cl. The summed E-state index contributed by atoms with van der Waals surface area (Å²) in [6.45, 7) is 2.06. The number of carbonyl (C=O) groups is 1. The average molecular weight is 451 g/mol. The van der Waals surface area contributed by atoms with E-state index in [0.717, 1.165) is 12.8 Å². The van der Waals surface area contributed by atoms with E-state index in [-0.39, 0.29) is 11.7 Å². The number of ketones is 1. The number of rotatable bonds is 8. The molecule has 0 radical (unpaired) electrons. The second kappa shape index (κ2) is 9.36. The van der Waals surface area contributed by atoms with Crippen LogP contribution < -0.4 is 0 Å². The average Bonchev–Trinajstić information content (AvgIpc) is 3.25. The molecule has 29 heavy (non-hydrogen) atoms. The van der Waals surface area contributed by atoms with E-state index in [1.165, 1.54) is 0 Å². The van der Waals surface area contributed by atoms with Gasteiger partial charge in [0, 0.05) is 33.6 Å². The van der Waals surface area contributed by atoms with Crippen LogP contribution in [0.3, 0.4) is 0 Å². The molecule has 0 amide bonds. The normalized spacial score (nSPS) is 13.3. The van der Waals surface area contributed by atoms with Gasteiger partial charge >= 0.3 is 0 Å². The van der Waals surface area contributed by atoms with Crippen molar-refractivity contribution in [1.82, 2.24) is 4.57 Å². The van der Waals surface area contributed by atoms with Crippen molar-refractivity contribution in [2.24, 2.45) is 0 Å². The van der Waals surface area contributed by atoms with Crippen molar-refractivity contribution in [3.05, 3.63) is 87.7 Å². The minimum absolute atomic E-state index is 0.146. The first-order chi connectivity index (χ1) is 13.9. The molecule has 1 unspecified atom stereocenters. The molecular formula is C23H22Cl3NO2. The molecule has 1 aromatic heterocycles. The second-order valence-corrected chi connectivity index (χ2v) is 8.08. The smallest absolute Gasteiger partial charge is 0.179 e. The van der Waals surface area contributed by atoms with Crippen LogP contribution in [0.1, 0.15) is 47.7 Å². The Balaban J connectivity index is 2.19. The number of aliphatic hydroxyl groups is 1. The van der Waals surface area contributed by atoms with Gasteiger partial charge in [0.15, 0.2) is 5.78 Å². The van der Waals surface area contributed by atoms with Crippen molar-refractivity contribution in [3.63, 3.8) is 0 Å². The van der Waals surface area contributed by atoms with E-state index in [4.69, 9.17) is 34.8 Å². The van der Waals surface area contributed by atoms with Crippen LogP contribution in [-0.2, 0) is 5.60 Å². The number of aromatic nitrogens is 1. The molecule has 0 bridgehead atoms. The lowest BCUT2D eigenvalue weighted by atomic mass is 9.81. The molecule has 6 heteroatoms. The minimum atomic E-state index is -1.35. The summed E-state index contributed by atoms with van der Waals surface area (Å²) >= 11 is 18.4. The molecular weight excluding hydrogens is 429 g/mol. The fourth-order valence-corrected chi connectivity index (χ4v) is 4.21. The Morgan fingerprint density at radius 3 is 2.45 bits per heavy atom. The fourth-order valence-electron chi connectivity index (χ4n) is 3.50. The van der Waals surface area contributed by atoms with Crippen molar-refractivity contribution in [2.75, 3.05) is 5.88 Å². The number of hydrogen-bond acceptors (Lipinski definition) is 2. The first-order valence-corrected chi connectivity index (χ1v) is 10.7. The summed E-state index contributed by atoms with van der Waals surface area (Å²) < 4.78 is 1.85. The zero-order valence-electron chi connectivity index (χ0n) is 16.0. The van der Waals surface area contributed by atoms with Gasteiger partial charge in [-0.2, -0.15) is 0 Å². The molecule has 3 aromatic rings. The van der Waals surface area contributed by atoms with Crippen LogP contribution in [0.25, 0.3) is 5.69 Å². The van der Waals surface area contributed by atoms with Gasteiger partial charge < -0.3 is 9.67 Å². The summed E-state index contributed by atoms with van der Waals surface area (Å²) in [5, 5.41) is 12.7. The minimum Gasteiger partial charge on any atom is -0.380 e. The largest absolute Gasteiger partial charge is 0.380 e. The quantitative estimate of drug-likeness (QED) is 0.309. The van der Waals surface area contributed by atoms with Gasteiger partial charge in [-0.1, -0.05) is 55.1 Å². The van der Waals surface area contributed by atoms with Crippen molar-refractivity contribution in [3.8, 4) is 5.69 Å². The number of Topliss-reactive ketones (excluding diaryl/α,β-unsaturated/α-hetero) is 1. The van der Waals surface area contributed by atoms with Gasteiger partial charge in [0.05, 0.1) is 11.6 Å². The van der Waals surface area contributed by atoms with Crippen molar-refractivity contribution < 1.29 is 9.90 Å². The van der Waals surface area contributed by atoms with Crippen LogP contribution in [0.5, 0.6) is 0 Å². The number of unbranched alkanes of at least 4 members (excludes halogenated alkanes) is 1. The molecule has 3 rings (SSSR count). The van der Waals surface area contributed by atoms with Crippen LogP contribution in [0.4, 0.5) is 0 Å². The summed E-state index contributed by atoms with van der Waals surface area (Å²) in [5.41, 5.74) is 0.974. The molecule has 0 spiro atoms. The highest BCUT2D eigenvalue weighted by Gasteiger charge is 2.34. The Morgan fingerprint density at radius 2 is 1.83 bits per heavy atom. The highest BCUT2D eigenvalue weighted by molar-refractivity contribution is 6.35. The maximum Gasteiger partial charge on any atom is 0.179 e. The summed E-state index contributed by atoms with van der Waals surface area (Å²) in [7, 11) is 0. The number of halogens is 3. The van der Waals surface area contributed by atoms with Crippen LogP contribution in [0, 0.1) is 0 Å². The van der Waals surface area contributed by atoms with Crippen molar-refractivity contribution in [2.45, 2.75) is 31.8 Å². The van der Waals surface area contributed by atoms with E-state index in [1.807, 2.05) is 41.2 Å². The van der Waals surface area contributed by atoms with Gasteiger partial charge in [-0.25, -0.2) is 0 Å². The zero-order chi connectivity index (χ0) is 21.0. The lowest BCUT2D eigenvalue weighted by Gasteiger charge is -2.31. The van der Waals surface area contributed by atoms with Crippen LogP contribution in [0.15, 0.2) is 60.9 Å². The highest BCUT2D eigenvalue weighted by atomic mass is 35.5. The van der Waals surface area contributed by atoms with E-state index in [9.17, 15) is 9.90 Å². The van der Waals surface area contributed by atoms with Gasteiger partial charge in [-0.3, -0.25) is 4.79 Å². The molecule has 0 aliphatic carbocycles. The molecule has 3 nitrogen and oxygen atoms in total. The molecule has 1 atom stereocenters. The molecule has 0 saturated carbocycles. The first-order valence-electron chi connectivity index (χ1n) is 9.45. The summed E-state index contributed by atoms with van der Waals surface area (Å²) in [6, 6.07) is 14.2. The predicted molar refractivity (Wildman–Crippen MR) is 120 cm³/mol. The Morgan fingerprint density at radius 1 is 1.10 bits per heavy atom. The molecule has 152 valence electrons. The maximum absolute atomic E-state index is 12.6. The molecule has 0 fully saturated rings. The van der Waals surface area contributed by atoms with Crippen LogP contribution in [0.2, 0.25) is 10.0 Å². The topological polar surface area (TPSA) is 42.2 Å². The summed E-state index contributed by atoms with van der Waals surface area (Å²) in [4.78, 5) is 12.6. The molecule has 0 aliphatic rings. The van der Waals surface area contributed by atoms with Crippen molar-refractivity contribution in [1.29, 1.82) is 0 Å². The van der Waals surface area contributed by atoms with Crippen LogP contribution in [-0.4, -0.2) is 21.3 Å². The third-order valence-corrected chi connectivity index (χ3v) is 5.84. The van der Waals surface area contributed by atoms with E-state index in [1.54, 1.807) is 24.3 Å². The van der Waals surface area contributed by atoms with Gasteiger partial charge in [0.25, 0.3) is 0 Å². The molecule has 0 aliphatic heterocycles. The predicted octanol–water partition coefficient (Wildman–Crippen LogP) is 6.63. The Kier molecular flexibility index (Phi) is 7.07. The molecule has 1 N–H and O–H groups in total. The third-order valence-electron chi connectivity index (χ3n) is 5.05. The number of benzene rings is 2. The lowest BCUT2D eigenvalue weighted by Crippen LogP contribution is -2.28. The number of nitrogens with zero attached hydrogens (tertiary/aromatic N) is 1. The Hall–Kier alpha value is -1.78. The standard InChI is InChI=1S/C23H22Cl3NO2/c1-2-3-10-23(29,19-8-7-17(25)14-20(19)26)16-6-9-21(27-11-4-5-12-27)18(13-16)22(28)15-24/h4-9,11-14,29H,2-3,10,15H2,1H3. The van der Waals surface area contributed by atoms with Crippen LogP contribution >= 0.6 is 34.8 Å². The Bertz CT molecular complexity index is 1000. The number of hydrogen-bond donors (Lipinski definition) is 1. The highest BCUT2D eigenvalue weighted by Crippen LogP contribution is 2.40. The van der Waals surface area contributed by atoms with Gasteiger partial charge in [0.2, 0.25) is 0 Å². The van der Waals surface area contributed by atoms with Crippen molar-refractivity contribution >= 4 is 40.6 Å². The van der Waals surface area contributed by atoms with E-state index in [0.29, 0.717) is 38.8 Å². The number of carbonyl (C=O) groups excluding carboxylic acids is 1. The lowest BCUT2D eigenvalue weighted by molar-refractivity contribution is 0.0685. The third kappa shape index (κ3) is 4.54. The fraction of sp³-hybridized carbons (Fsp3) is 0.261. The summed E-state index contributed by atoms with van der Waals surface area (Å²) in [5.74, 6) is -0.357. The van der Waals surface area contributed by atoms with Gasteiger partial charge in [-0.15, -0.1) is 11.6 Å². The van der Waals surface area contributed by atoms with E-state index in [2.05, 4.69) is 6.92 Å². The number of alkyl halides is 1. The second-order valence-electron chi connectivity index (χ2n) is 6.97. The molecule has 1 heterocycles. The molecule has 0 saturated heterocycles. The van der Waals surface area contributed by atoms with Gasteiger partial charge in [-0.05, 0) is 48.4 Å². The molecule has 2 aromatic carbocycles. The monoisotopic (exact) mass is 449 g/mol. The maximum atomic E-state index is 12.6. The zero-order valence-corrected chi connectivity index (χ0v) is 18.3. The Labute approximate surface area is 185 Å². The van der Waals surface area contributed by atoms with E-state index < -0.39 is 5.60 Å². The van der Waals surface area contributed by atoms with E-state index >= 15 is 0 Å².